The Morgan fingerprint density at radius 2 is 1.77 bits per heavy atom. The Bertz CT molecular complexity index is 780. The van der Waals surface area contributed by atoms with Gasteiger partial charge in [-0.25, -0.2) is 4.79 Å². The minimum Gasteiger partial charge on any atom is -0.444 e. The van der Waals surface area contributed by atoms with Crippen LogP contribution in [0.15, 0.2) is 18.2 Å². The van der Waals surface area contributed by atoms with Crippen molar-refractivity contribution in [3.05, 3.63) is 34.9 Å². The molecule has 0 saturated heterocycles. The quantitative estimate of drug-likeness (QED) is 0.562. The molecule has 31 heavy (non-hydrogen) atoms. The predicted molar refractivity (Wildman–Crippen MR) is 121 cm³/mol. The van der Waals surface area contributed by atoms with E-state index in [1.54, 1.807) is 39.0 Å². The van der Waals surface area contributed by atoms with E-state index in [-0.39, 0.29) is 11.5 Å². The molecule has 7 nitrogen and oxygen atoms in total. The lowest BCUT2D eigenvalue weighted by molar-refractivity contribution is 0.0508. The number of nitrogens with zero attached hydrogens (tertiary/aromatic N) is 2. The molecular weight excluding hydrogens is 394 g/mol. The smallest absolute Gasteiger partial charge is 0.414 e. The number of rotatable bonds is 10. The zero-order valence-corrected chi connectivity index (χ0v) is 19.6. The second-order valence-electron chi connectivity index (χ2n) is 9.10. The van der Waals surface area contributed by atoms with Crippen LogP contribution in [0.1, 0.15) is 86.6 Å². The first kappa shape index (κ1) is 24.9. The highest BCUT2D eigenvalue weighted by molar-refractivity contribution is 6.06. The minimum absolute atomic E-state index is 0.0547. The van der Waals surface area contributed by atoms with E-state index in [2.05, 4.69) is 24.1 Å². The molecule has 7 heteroatoms. The van der Waals surface area contributed by atoms with Crippen LogP contribution < -0.4 is 5.32 Å². The molecule has 0 spiro atoms. The summed E-state index contributed by atoms with van der Waals surface area (Å²) in [5.41, 5.74) is 1.03. The van der Waals surface area contributed by atoms with Gasteiger partial charge in [-0.1, -0.05) is 19.9 Å². The zero-order valence-electron chi connectivity index (χ0n) is 19.6. The molecule has 0 unspecified atom stereocenters. The summed E-state index contributed by atoms with van der Waals surface area (Å²) in [6.45, 7) is 14.2. The van der Waals surface area contributed by atoms with Crippen LogP contribution in [-0.2, 0) is 11.3 Å². The highest BCUT2D eigenvalue weighted by Crippen LogP contribution is 2.24. The normalized spacial score (nSPS) is 13.5. The van der Waals surface area contributed by atoms with Crippen LogP contribution in [0.3, 0.4) is 0 Å². The summed E-state index contributed by atoms with van der Waals surface area (Å²) in [5, 5.41) is 2.21. The standard InChI is InChI=1S/C24H37N3O4/c1-6-12-26(13-7-2)14-8-9-15-27-17-19-11-10-18(16-20(19)22(27)29)21(28)25-23(30)31-24(3,4)5/h10-11,16H,6-9,12-15,17H2,1-5H3,(H,25,28,30). The fourth-order valence-electron chi connectivity index (χ4n) is 3.76. The number of alkyl carbamates (subject to hydrolysis) is 1. The van der Waals surface area contributed by atoms with Crippen molar-refractivity contribution in [1.82, 2.24) is 15.1 Å². The molecule has 1 aromatic carbocycles. The lowest BCUT2D eigenvalue weighted by Gasteiger charge is -2.21. The van der Waals surface area contributed by atoms with Crippen LogP contribution in [0.25, 0.3) is 0 Å². The molecule has 2 rings (SSSR count). The Morgan fingerprint density at radius 1 is 1.10 bits per heavy atom. The van der Waals surface area contributed by atoms with Gasteiger partial charge in [-0.3, -0.25) is 14.9 Å². The van der Waals surface area contributed by atoms with Gasteiger partial charge >= 0.3 is 6.09 Å². The number of carbonyl (C=O) groups is 3. The van der Waals surface area contributed by atoms with Crippen molar-refractivity contribution in [1.29, 1.82) is 0 Å². The van der Waals surface area contributed by atoms with Gasteiger partial charge in [-0.05, 0) is 83.8 Å². The number of benzene rings is 1. The first-order chi connectivity index (χ1) is 14.6. The molecule has 0 radical (unpaired) electrons. The Morgan fingerprint density at radius 3 is 2.39 bits per heavy atom. The van der Waals surface area contributed by atoms with E-state index in [9.17, 15) is 14.4 Å². The summed E-state index contributed by atoms with van der Waals surface area (Å²) >= 11 is 0. The number of hydrogen-bond acceptors (Lipinski definition) is 5. The summed E-state index contributed by atoms with van der Waals surface area (Å²) in [4.78, 5) is 41.3. The number of imide groups is 1. The van der Waals surface area contributed by atoms with Crippen LogP contribution in [0.4, 0.5) is 4.79 Å². The summed E-state index contributed by atoms with van der Waals surface area (Å²) in [6, 6.07) is 5.01. The third kappa shape index (κ3) is 7.65. The molecule has 0 saturated carbocycles. The van der Waals surface area contributed by atoms with E-state index in [1.807, 2.05) is 4.90 Å². The molecule has 1 aliphatic rings. The van der Waals surface area contributed by atoms with Crippen LogP contribution in [0.2, 0.25) is 0 Å². The monoisotopic (exact) mass is 431 g/mol. The number of carbonyl (C=O) groups excluding carboxylic acids is 3. The molecule has 1 aromatic rings. The van der Waals surface area contributed by atoms with Gasteiger partial charge in [0.05, 0.1) is 0 Å². The Hall–Kier alpha value is -2.41. The van der Waals surface area contributed by atoms with Gasteiger partial charge in [-0.15, -0.1) is 0 Å². The highest BCUT2D eigenvalue weighted by Gasteiger charge is 2.28. The van der Waals surface area contributed by atoms with Gasteiger partial charge in [0.15, 0.2) is 0 Å². The summed E-state index contributed by atoms with van der Waals surface area (Å²) < 4.78 is 5.11. The molecule has 0 atom stereocenters. The number of hydrogen-bond donors (Lipinski definition) is 1. The molecule has 1 heterocycles. The first-order valence-electron chi connectivity index (χ1n) is 11.3. The van der Waals surface area contributed by atoms with Gasteiger partial charge in [-0.2, -0.15) is 0 Å². The first-order valence-corrected chi connectivity index (χ1v) is 11.3. The molecule has 1 aliphatic heterocycles. The second kappa shape index (κ2) is 11.3. The van der Waals surface area contributed by atoms with Gasteiger partial charge in [0.25, 0.3) is 11.8 Å². The van der Waals surface area contributed by atoms with Crippen molar-refractivity contribution in [2.45, 2.75) is 72.4 Å². The van der Waals surface area contributed by atoms with Crippen molar-refractivity contribution >= 4 is 17.9 Å². The molecule has 172 valence electrons. The van der Waals surface area contributed by atoms with Gasteiger partial charge in [0.1, 0.15) is 5.60 Å². The SMILES string of the molecule is CCCN(CCC)CCCCN1Cc2ccc(C(=O)NC(=O)OC(C)(C)C)cc2C1=O. The average Bonchev–Trinajstić information content (AvgIpc) is 2.99. The minimum atomic E-state index is -0.800. The molecule has 0 aromatic heterocycles. The van der Waals surface area contributed by atoms with E-state index in [0.29, 0.717) is 18.7 Å². The Balaban J connectivity index is 1.89. The number of fused-ring (bicyclic) bond motifs is 1. The number of unbranched alkanes of at least 4 members (excludes halogenated alkanes) is 1. The van der Waals surface area contributed by atoms with Crippen LogP contribution in [0, 0.1) is 0 Å². The highest BCUT2D eigenvalue weighted by atomic mass is 16.6. The fraction of sp³-hybridized carbons (Fsp3) is 0.625. The maximum absolute atomic E-state index is 12.8. The number of nitrogens with one attached hydrogen (secondary N) is 1. The Kier molecular flexibility index (Phi) is 9.04. The fourth-order valence-corrected chi connectivity index (χ4v) is 3.76. The molecular formula is C24H37N3O4. The lowest BCUT2D eigenvalue weighted by atomic mass is 10.1. The molecule has 0 aliphatic carbocycles. The van der Waals surface area contributed by atoms with Crippen LogP contribution in [-0.4, -0.2) is 59.5 Å². The molecule has 1 N–H and O–H groups in total. The molecule has 0 fully saturated rings. The van der Waals surface area contributed by atoms with Crippen molar-refractivity contribution in [2.24, 2.45) is 0 Å². The van der Waals surface area contributed by atoms with Gasteiger partial charge in [0.2, 0.25) is 0 Å². The number of amides is 3. The van der Waals surface area contributed by atoms with Crippen molar-refractivity contribution in [3.8, 4) is 0 Å². The van der Waals surface area contributed by atoms with E-state index in [1.165, 1.54) is 0 Å². The van der Waals surface area contributed by atoms with Crippen molar-refractivity contribution < 1.29 is 19.1 Å². The third-order valence-corrected chi connectivity index (χ3v) is 5.10. The lowest BCUT2D eigenvalue weighted by Crippen LogP contribution is -2.36. The largest absolute Gasteiger partial charge is 0.444 e. The van der Waals surface area contributed by atoms with Crippen molar-refractivity contribution in [2.75, 3.05) is 26.2 Å². The summed E-state index contributed by atoms with van der Waals surface area (Å²) in [6.07, 6.45) is 3.53. The van der Waals surface area contributed by atoms with E-state index in [4.69, 9.17) is 4.74 Å². The maximum Gasteiger partial charge on any atom is 0.414 e. The second-order valence-corrected chi connectivity index (χ2v) is 9.10. The maximum atomic E-state index is 12.8. The van der Waals surface area contributed by atoms with Gasteiger partial charge < -0.3 is 14.5 Å². The van der Waals surface area contributed by atoms with E-state index >= 15 is 0 Å². The summed E-state index contributed by atoms with van der Waals surface area (Å²) in [7, 11) is 0. The van der Waals surface area contributed by atoms with E-state index < -0.39 is 17.6 Å². The molecule has 0 bridgehead atoms. The van der Waals surface area contributed by atoms with E-state index in [0.717, 1.165) is 50.9 Å². The zero-order chi connectivity index (χ0) is 23.0. The topological polar surface area (TPSA) is 78.9 Å². The van der Waals surface area contributed by atoms with Crippen molar-refractivity contribution in [3.63, 3.8) is 0 Å². The predicted octanol–water partition coefficient (Wildman–Crippen LogP) is 4.21. The molecule has 3 amide bonds. The number of ether oxygens (including phenoxy) is 1. The van der Waals surface area contributed by atoms with Crippen LogP contribution >= 0.6 is 0 Å². The third-order valence-electron chi connectivity index (χ3n) is 5.10. The summed E-state index contributed by atoms with van der Waals surface area (Å²) in [5.74, 6) is -0.629. The average molecular weight is 432 g/mol. The van der Waals surface area contributed by atoms with Crippen LogP contribution in [0.5, 0.6) is 0 Å². The van der Waals surface area contributed by atoms with Gasteiger partial charge in [0, 0.05) is 24.2 Å². The Labute approximate surface area is 186 Å².